The molecule has 0 N–H and O–H groups in total. The van der Waals surface area contributed by atoms with Crippen LogP contribution in [0.5, 0.6) is 5.75 Å². The van der Waals surface area contributed by atoms with Crippen LogP contribution in [0.25, 0.3) is 11.1 Å². The van der Waals surface area contributed by atoms with Gasteiger partial charge >= 0.3 is 0 Å². The molecule has 0 spiro atoms. The van der Waals surface area contributed by atoms with E-state index in [-0.39, 0.29) is 17.7 Å². The summed E-state index contributed by atoms with van der Waals surface area (Å²) < 4.78 is 11.7. The Bertz CT molecular complexity index is 939. The average Bonchev–Trinajstić information content (AvgIpc) is 3.17. The molecule has 1 aromatic heterocycles. The molecule has 1 fully saturated rings. The molecule has 2 aliphatic heterocycles. The molecular formula is C22H22N2O3. The number of likely N-dealkylation sites (tertiary alicyclic amines) is 1. The SMILES string of the molecule is O=C(C1COc2ccccc2C1)N1CCC(c2nc3ccccc3o2)CC1. The molecule has 5 heteroatoms. The first kappa shape index (κ1) is 16.4. The number of carbonyl (C=O) groups is 1. The highest BCUT2D eigenvalue weighted by atomic mass is 16.5. The molecular weight excluding hydrogens is 340 g/mol. The summed E-state index contributed by atoms with van der Waals surface area (Å²) in [7, 11) is 0. The number of oxazole rings is 1. The largest absolute Gasteiger partial charge is 0.492 e. The zero-order valence-electron chi connectivity index (χ0n) is 15.1. The van der Waals surface area contributed by atoms with Crippen LogP contribution >= 0.6 is 0 Å². The van der Waals surface area contributed by atoms with Gasteiger partial charge in [0, 0.05) is 19.0 Å². The van der Waals surface area contributed by atoms with Crippen LogP contribution in [0.1, 0.15) is 30.2 Å². The standard InChI is InChI=1S/C22H22N2O3/c25-22(17-13-16-5-1-3-7-19(16)26-14-17)24-11-9-15(10-12-24)21-23-18-6-2-4-8-20(18)27-21/h1-8,15,17H,9-14H2. The van der Waals surface area contributed by atoms with Gasteiger partial charge in [-0.05, 0) is 43.0 Å². The van der Waals surface area contributed by atoms with E-state index in [1.165, 1.54) is 0 Å². The quantitative estimate of drug-likeness (QED) is 0.696. The van der Waals surface area contributed by atoms with Gasteiger partial charge in [-0.1, -0.05) is 30.3 Å². The first-order valence-electron chi connectivity index (χ1n) is 9.63. The lowest BCUT2D eigenvalue weighted by molar-refractivity contribution is -0.138. The Hall–Kier alpha value is -2.82. The van der Waals surface area contributed by atoms with Gasteiger partial charge in [0.05, 0.1) is 5.92 Å². The molecule has 138 valence electrons. The molecule has 27 heavy (non-hydrogen) atoms. The number of hydrogen-bond acceptors (Lipinski definition) is 4. The number of benzene rings is 2. The zero-order chi connectivity index (χ0) is 18.2. The van der Waals surface area contributed by atoms with Crippen LogP contribution in [0, 0.1) is 5.92 Å². The first-order chi connectivity index (χ1) is 13.3. The third-order valence-corrected chi connectivity index (χ3v) is 5.69. The molecule has 1 saturated heterocycles. The molecule has 1 unspecified atom stereocenters. The number of carbonyl (C=O) groups excluding carboxylic acids is 1. The van der Waals surface area contributed by atoms with Crippen molar-refractivity contribution >= 4 is 17.0 Å². The molecule has 2 aromatic carbocycles. The Morgan fingerprint density at radius 3 is 2.67 bits per heavy atom. The van der Waals surface area contributed by atoms with E-state index in [1.54, 1.807) is 0 Å². The van der Waals surface area contributed by atoms with Gasteiger partial charge in [-0.25, -0.2) is 4.98 Å². The number of aromatic nitrogens is 1. The smallest absolute Gasteiger partial charge is 0.229 e. The Morgan fingerprint density at radius 2 is 1.81 bits per heavy atom. The van der Waals surface area contributed by atoms with Gasteiger partial charge in [0.2, 0.25) is 5.91 Å². The Morgan fingerprint density at radius 1 is 1.04 bits per heavy atom. The summed E-state index contributed by atoms with van der Waals surface area (Å²) in [6, 6.07) is 15.9. The van der Waals surface area contributed by atoms with E-state index in [2.05, 4.69) is 4.98 Å². The van der Waals surface area contributed by atoms with Gasteiger partial charge in [-0.2, -0.15) is 0 Å². The van der Waals surface area contributed by atoms with E-state index in [9.17, 15) is 4.79 Å². The molecule has 2 aliphatic rings. The topological polar surface area (TPSA) is 55.6 Å². The molecule has 1 atom stereocenters. The van der Waals surface area contributed by atoms with E-state index in [1.807, 2.05) is 53.4 Å². The molecule has 0 aliphatic carbocycles. The van der Waals surface area contributed by atoms with Crippen molar-refractivity contribution in [1.82, 2.24) is 9.88 Å². The highest BCUT2D eigenvalue weighted by Crippen LogP contribution is 2.32. The Kier molecular flexibility index (Phi) is 4.07. The minimum Gasteiger partial charge on any atom is -0.492 e. The van der Waals surface area contributed by atoms with Crippen molar-refractivity contribution in [2.45, 2.75) is 25.2 Å². The van der Waals surface area contributed by atoms with Crippen LogP contribution in [0.2, 0.25) is 0 Å². The van der Waals surface area contributed by atoms with E-state index in [4.69, 9.17) is 9.15 Å². The number of ether oxygens (including phenoxy) is 1. The summed E-state index contributed by atoms with van der Waals surface area (Å²) in [5, 5.41) is 0. The summed E-state index contributed by atoms with van der Waals surface area (Å²) >= 11 is 0. The van der Waals surface area contributed by atoms with E-state index in [0.717, 1.165) is 60.7 Å². The lowest BCUT2D eigenvalue weighted by Gasteiger charge is -2.34. The maximum atomic E-state index is 13.0. The molecule has 1 amide bonds. The second-order valence-corrected chi connectivity index (χ2v) is 7.44. The molecule has 0 saturated carbocycles. The van der Waals surface area contributed by atoms with Crippen LogP contribution in [-0.4, -0.2) is 35.5 Å². The number of nitrogens with zero attached hydrogens (tertiary/aromatic N) is 2. The van der Waals surface area contributed by atoms with Crippen LogP contribution in [0.4, 0.5) is 0 Å². The summed E-state index contributed by atoms with van der Waals surface area (Å²) in [4.78, 5) is 19.6. The van der Waals surface area contributed by atoms with Crippen molar-refractivity contribution in [1.29, 1.82) is 0 Å². The highest BCUT2D eigenvalue weighted by Gasteiger charge is 2.33. The van der Waals surface area contributed by atoms with Gasteiger partial charge in [0.1, 0.15) is 17.9 Å². The third-order valence-electron chi connectivity index (χ3n) is 5.69. The van der Waals surface area contributed by atoms with Gasteiger partial charge in [0.15, 0.2) is 11.5 Å². The molecule has 3 heterocycles. The predicted octanol–water partition coefficient (Wildman–Crippen LogP) is 3.79. The summed E-state index contributed by atoms with van der Waals surface area (Å²) in [5.74, 6) is 2.13. The number of hydrogen-bond donors (Lipinski definition) is 0. The van der Waals surface area contributed by atoms with E-state index >= 15 is 0 Å². The van der Waals surface area contributed by atoms with Crippen LogP contribution in [-0.2, 0) is 11.2 Å². The van der Waals surface area contributed by atoms with Crippen LogP contribution in [0.3, 0.4) is 0 Å². The number of amides is 1. The second-order valence-electron chi connectivity index (χ2n) is 7.44. The Labute approximate surface area is 157 Å². The minimum atomic E-state index is -0.0826. The average molecular weight is 362 g/mol. The summed E-state index contributed by atoms with van der Waals surface area (Å²) in [6.07, 6.45) is 2.55. The third kappa shape index (κ3) is 3.07. The summed E-state index contributed by atoms with van der Waals surface area (Å²) in [5.41, 5.74) is 2.87. The lowest BCUT2D eigenvalue weighted by atomic mass is 9.92. The maximum absolute atomic E-state index is 13.0. The molecule has 3 aromatic rings. The van der Waals surface area contributed by atoms with Gasteiger partial charge in [-0.15, -0.1) is 0 Å². The van der Waals surface area contributed by atoms with Crippen molar-refractivity contribution in [3.8, 4) is 5.75 Å². The molecule has 0 bridgehead atoms. The van der Waals surface area contributed by atoms with Crippen molar-refractivity contribution < 1.29 is 13.9 Å². The monoisotopic (exact) mass is 362 g/mol. The van der Waals surface area contributed by atoms with Gasteiger partial charge < -0.3 is 14.1 Å². The highest BCUT2D eigenvalue weighted by molar-refractivity contribution is 5.80. The lowest BCUT2D eigenvalue weighted by Crippen LogP contribution is -2.44. The number of rotatable bonds is 2. The minimum absolute atomic E-state index is 0.0826. The maximum Gasteiger partial charge on any atom is 0.229 e. The predicted molar refractivity (Wildman–Crippen MR) is 102 cm³/mol. The fraction of sp³-hybridized carbons (Fsp3) is 0.364. The molecule has 0 radical (unpaired) electrons. The second kappa shape index (κ2) is 6.72. The fourth-order valence-corrected chi connectivity index (χ4v) is 4.16. The van der Waals surface area contributed by atoms with Crippen molar-refractivity contribution in [2.75, 3.05) is 19.7 Å². The van der Waals surface area contributed by atoms with Gasteiger partial charge in [-0.3, -0.25) is 4.79 Å². The van der Waals surface area contributed by atoms with Crippen molar-refractivity contribution in [3.05, 3.63) is 60.0 Å². The first-order valence-corrected chi connectivity index (χ1v) is 9.63. The van der Waals surface area contributed by atoms with Crippen LogP contribution < -0.4 is 4.74 Å². The van der Waals surface area contributed by atoms with Crippen molar-refractivity contribution in [3.63, 3.8) is 0 Å². The number of para-hydroxylation sites is 3. The Balaban J connectivity index is 1.23. The van der Waals surface area contributed by atoms with Gasteiger partial charge in [0.25, 0.3) is 0 Å². The number of piperidine rings is 1. The fourth-order valence-electron chi connectivity index (χ4n) is 4.16. The summed E-state index contributed by atoms with van der Waals surface area (Å²) in [6.45, 7) is 1.97. The zero-order valence-corrected chi connectivity index (χ0v) is 15.1. The van der Waals surface area contributed by atoms with E-state index < -0.39 is 0 Å². The van der Waals surface area contributed by atoms with Crippen molar-refractivity contribution in [2.24, 2.45) is 5.92 Å². The van der Waals surface area contributed by atoms with E-state index in [0.29, 0.717) is 6.61 Å². The molecule has 5 rings (SSSR count). The number of fused-ring (bicyclic) bond motifs is 2. The van der Waals surface area contributed by atoms with Crippen LogP contribution in [0.15, 0.2) is 52.9 Å². The molecule has 5 nitrogen and oxygen atoms in total. The normalized spacial score (nSPS) is 20.3.